The average molecular weight is 216 g/mol. The molecule has 1 heterocycles. The van der Waals surface area contributed by atoms with Crippen LogP contribution in [0.5, 0.6) is 0 Å². The monoisotopic (exact) mass is 216 g/mol. The fourth-order valence-corrected chi connectivity index (χ4v) is 1.83. The molecule has 0 aliphatic carbocycles. The number of hydrogen-bond donors (Lipinski definition) is 1. The van der Waals surface area contributed by atoms with E-state index in [2.05, 4.69) is 25.7 Å². The Bertz CT molecular complexity index is 121. The summed E-state index contributed by atoms with van der Waals surface area (Å²) in [5, 5.41) is 0. The van der Waals surface area contributed by atoms with Gasteiger partial charge in [-0.3, -0.25) is 0 Å². The van der Waals surface area contributed by atoms with Gasteiger partial charge in [-0.25, -0.2) is 0 Å². The molecule has 2 heteroatoms. The van der Waals surface area contributed by atoms with E-state index in [0.717, 1.165) is 12.5 Å². The molecule has 0 unspecified atom stereocenters. The molecule has 0 aromatic rings. The van der Waals surface area contributed by atoms with Crippen LogP contribution in [0.15, 0.2) is 0 Å². The van der Waals surface area contributed by atoms with Crippen LogP contribution in [-0.2, 0) is 0 Å². The minimum absolute atomic E-state index is 0. The van der Waals surface area contributed by atoms with Crippen molar-refractivity contribution in [2.24, 2.45) is 11.7 Å². The molecule has 0 radical (unpaired) electrons. The third-order valence-electron chi connectivity index (χ3n) is 3.23. The summed E-state index contributed by atoms with van der Waals surface area (Å²) in [6.45, 7) is 11.3. The molecule has 2 N–H and O–H groups in total. The number of nitrogens with zero attached hydrogens (tertiary/aromatic N) is 1. The van der Waals surface area contributed by atoms with Gasteiger partial charge in [0.15, 0.2) is 0 Å². The maximum Gasteiger partial charge on any atom is 0 e. The van der Waals surface area contributed by atoms with Crippen molar-refractivity contribution in [2.75, 3.05) is 26.2 Å². The van der Waals surface area contributed by atoms with Crippen molar-refractivity contribution in [3.8, 4) is 0 Å². The molecular weight excluding hydrogens is 184 g/mol. The first-order valence-electron chi connectivity index (χ1n) is 6.70. The molecule has 0 saturated carbocycles. The average Bonchev–Trinajstić information content (AvgIpc) is 2.31. The van der Waals surface area contributed by atoms with E-state index in [1.807, 2.05) is 0 Å². The fourth-order valence-electron chi connectivity index (χ4n) is 1.83. The zero-order valence-corrected chi connectivity index (χ0v) is 11.0. The molecule has 2 nitrogen and oxygen atoms in total. The van der Waals surface area contributed by atoms with Gasteiger partial charge in [-0.1, -0.05) is 33.6 Å². The Balaban J connectivity index is 0. The van der Waals surface area contributed by atoms with Gasteiger partial charge in [-0.05, 0) is 51.4 Å². The fraction of sp³-hybridized carbons (Fsp3) is 1.00. The molecule has 15 heavy (non-hydrogen) atoms. The molecule has 1 aliphatic rings. The van der Waals surface area contributed by atoms with Crippen LogP contribution in [0, 0.1) is 5.92 Å². The van der Waals surface area contributed by atoms with Crippen LogP contribution in [0.3, 0.4) is 0 Å². The highest BCUT2D eigenvalue weighted by atomic mass is 15.1. The van der Waals surface area contributed by atoms with E-state index in [4.69, 9.17) is 5.73 Å². The molecule has 0 atom stereocenters. The van der Waals surface area contributed by atoms with Gasteiger partial charge in [0.1, 0.15) is 0 Å². The molecule has 0 spiro atoms. The largest absolute Gasteiger partial charge is 0.330 e. The highest BCUT2D eigenvalue weighted by molar-refractivity contribution is 4.71. The van der Waals surface area contributed by atoms with Crippen LogP contribution >= 0.6 is 0 Å². The lowest BCUT2D eigenvalue weighted by Gasteiger charge is -2.30. The maximum atomic E-state index is 5.51. The van der Waals surface area contributed by atoms with Gasteiger partial charge >= 0.3 is 0 Å². The Morgan fingerprint density at radius 1 is 1.13 bits per heavy atom. The normalized spacial score (nSPS) is 18.4. The van der Waals surface area contributed by atoms with Crippen LogP contribution in [0.2, 0.25) is 0 Å². The number of piperidine rings is 1. The quantitative estimate of drug-likeness (QED) is 0.782. The van der Waals surface area contributed by atoms with Crippen LogP contribution in [0.1, 0.15) is 54.3 Å². The summed E-state index contributed by atoms with van der Waals surface area (Å²) in [5.74, 6) is 0.919. The summed E-state index contributed by atoms with van der Waals surface area (Å²) in [5.41, 5.74) is 5.51. The van der Waals surface area contributed by atoms with Crippen LogP contribution in [-0.4, -0.2) is 31.1 Å². The first-order chi connectivity index (χ1) is 7.28. The predicted molar refractivity (Wildman–Crippen MR) is 71.2 cm³/mol. The van der Waals surface area contributed by atoms with Crippen molar-refractivity contribution < 1.29 is 1.43 Å². The first kappa shape index (κ1) is 14.9. The topological polar surface area (TPSA) is 29.3 Å². The summed E-state index contributed by atoms with van der Waals surface area (Å²) < 4.78 is 0. The highest BCUT2D eigenvalue weighted by Crippen LogP contribution is 2.18. The van der Waals surface area contributed by atoms with Gasteiger partial charge in [-0.2, -0.15) is 0 Å². The molecule has 0 bridgehead atoms. The standard InChI is InChI=1S/C9H20N2.C4H10.H2/c1-2-11-7-4-9(3-6-10)5-8-11;1-3-4-2;/h9H,2-8,10H2,1H3;3-4H2,1-2H3;1H. The second kappa shape index (κ2) is 10.4. The van der Waals surface area contributed by atoms with E-state index in [-0.39, 0.29) is 1.43 Å². The van der Waals surface area contributed by atoms with Gasteiger partial charge < -0.3 is 10.6 Å². The Hall–Kier alpha value is -0.0800. The molecule has 1 fully saturated rings. The highest BCUT2D eigenvalue weighted by Gasteiger charge is 2.16. The van der Waals surface area contributed by atoms with Crippen LogP contribution in [0.4, 0.5) is 0 Å². The minimum atomic E-state index is 0. The minimum Gasteiger partial charge on any atom is -0.330 e. The van der Waals surface area contributed by atoms with Gasteiger partial charge in [0, 0.05) is 1.43 Å². The van der Waals surface area contributed by atoms with E-state index in [0.29, 0.717) is 0 Å². The summed E-state index contributed by atoms with van der Waals surface area (Å²) >= 11 is 0. The van der Waals surface area contributed by atoms with Gasteiger partial charge in [0.05, 0.1) is 0 Å². The third kappa shape index (κ3) is 7.80. The predicted octanol–water partition coefficient (Wildman–Crippen LogP) is 3.12. The molecule has 94 valence electrons. The molecular formula is C13H32N2. The number of nitrogens with two attached hydrogens (primary N) is 1. The smallest absolute Gasteiger partial charge is 0 e. The molecule has 0 amide bonds. The van der Waals surface area contributed by atoms with E-state index in [1.165, 1.54) is 51.7 Å². The molecule has 1 saturated heterocycles. The Morgan fingerprint density at radius 3 is 2.00 bits per heavy atom. The molecule has 0 aromatic carbocycles. The second-order valence-corrected chi connectivity index (χ2v) is 4.45. The summed E-state index contributed by atoms with van der Waals surface area (Å²) in [4.78, 5) is 2.52. The third-order valence-corrected chi connectivity index (χ3v) is 3.23. The number of hydrogen-bond acceptors (Lipinski definition) is 2. The zero-order chi connectivity index (χ0) is 11.5. The number of rotatable bonds is 4. The zero-order valence-electron chi connectivity index (χ0n) is 11.0. The van der Waals surface area contributed by atoms with E-state index >= 15 is 0 Å². The van der Waals surface area contributed by atoms with Gasteiger partial charge in [-0.15, -0.1) is 0 Å². The Labute approximate surface area is 97.7 Å². The van der Waals surface area contributed by atoms with Gasteiger partial charge in [0.25, 0.3) is 0 Å². The summed E-state index contributed by atoms with van der Waals surface area (Å²) in [6, 6.07) is 0. The molecule has 1 aliphatic heterocycles. The van der Waals surface area contributed by atoms with Crippen molar-refractivity contribution in [3.63, 3.8) is 0 Å². The van der Waals surface area contributed by atoms with E-state index < -0.39 is 0 Å². The molecule has 1 rings (SSSR count). The molecule has 0 aromatic heterocycles. The van der Waals surface area contributed by atoms with E-state index in [1.54, 1.807) is 0 Å². The van der Waals surface area contributed by atoms with Crippen molar-refractivity contribution in [2.45, 2.75) is 52.9 Å². The van der Waals surface area contributed by atoms with E-state index in [9.17, 15) is 0 Å². The van der Waals surface area contributed by atoms with Crippen molar-refractivity contribution in [1.29, 1.82) is 0 Å². The second-order valence-electron chi connectivity index (χ2n) is 4.45. The lowest BCUT2D eigenvalue weighted by molar-refractivity contribution is 0.188. The van der Waals surface area contributed by atoms with Crippen LogP contribution < -0.4 is 5.73 Å². The Kier molecular flexibility index (Phi) is 10.4. The maximum absolute atomic E-state index is 5.51. The van der Waals surface area contributed by atoms with Crippen molar-refractivity contribution in [1.82, 2.24) is 4.90 Å². The lowest BCUT2D eigenvalue weighted by atomic mass is 9.94. The number of unbranched alkanes of at least 4 members (excludes halogenated alkanes) is 1. The van der Waals surface area contributed by atoms with Crippen molar-refractivity contribution >= 4 is 0 Å². The lowest BCUT2D eigenvalue weighted by Crippen LogP contribution is -2.33. The SMILES string of the molecule is CCCC.CCN1CCC(CCN)CC1.[HH]. The summed E-state index contributed by atoms with van der Waals surface area (Å²) in [6.07, 6.45) is 6.60. The number of likely N-dealkylation sites (tertiary alicyclic amines) is 1. The van der Waals surface area contributed by atoms with Crippen LogP contribution in [0.25, 0.3) is 0 Å². The van der Waals surface area contributed by atoms with Crippen molar-refractivity contribution in [3.05, 3.63) is 0 Å². The summed E-state index contributed by atoms with van der Waals surface area (Å²) in [7, 11) is 0. The van der Waals surface area contributed by atoms with Gasteiger partial charge in [0.2, 0.25) is 0 Å². The Morgan fingerprint density at radius 2 is 1.67 bits per heavy atom. The first-order valence-corrected chi connectivity index (χ1v) is 6.70.